The lowest BCUT2D eigenvalue weighted by Crippen LogP contribution is -2.42. The molecule has 1 aromatic carbocycles. The van der Waals surface area contributed by atoms with Gasteiger partial charge in [-0.15, -0.1) is 0 Å². The highest BCUT2D eigenvalue weighted by Gasteiger charge is 2.32. The van der Waals surface area contributed by atoms with Crippen molar-refractivity contribution in [1.82, 2.24) is 5.32 Å². The van der Waals surface area contributed by atoms with Crippen molar-refractivity contribution in [2.75, 3.05) is 18.0 Å². The summed E-state index contributed by atoms with van der Waals surface area (Å²) in [6.45, 7) is 16.7. The lowest BCUT2D eigenvalue weighted by atomic mass is 10.0. The Morgan fingerprint density at radius 1 is 1.31 bits per heavy atom. The number of hydrogen-bond donors (Lipinski definition) is 1. The second-order valence-corrected chi connectivity index (χ2v) is 7.76. The predicted molar refractivity (Wildman–Crippen MR) is 120 cm³/mol. The zero-order valence-electron chi connectivity index (χ0n) is 18.9. The van der Waals surface area contributed by atoms with Gasteiger partial charge >= 0.3 is 6.09 Å². The second kappa shape index (κ2) is 12.5. The molecule has 0 aromatic heterocycles. The molecule has 1 fully saturated rings. The van der Waals surface area contributed by atoms with Crippen molar-refractivity contribution in [2.45, 2.75) is 73.5 Å². The summed E-state index contributed by atoms with van der Waals surface area (Å²) >= 11 is 5.87. The van der Waals surface area contributed by atoms with Crippen LogP contribution in [-0.2, 0) is 4.74 Å². The lowest BCUT2D eigenvalue weighted by Gasteiger charge is -2.25. The van der Waals surface area contributed by atoms with Crippen LogP contribution < -0.4 is 10.2 Å². The first-order valence-electron chi connectivity index (χ1n) is 10.3. The van der Waals surface area contributed by atoms with Crippen molar-refractivity contribution >= 4 is 29.1 Å². The number of carbonyl (C=O) groups excluding carboxylic acids is 1. The molecule has 1 N–H and O–H groups in total. The van der Waals surface area contributed by atoms with Crippen LogP contribution in [0, 0.1) is 16.0 Å². The maximum absolute atomic E-state index is 11.9. The molecule has 0 saturated carbocycles. The Balaban J connectivity index is 0.00000184. The molecule has 7 nitrogen and oxygen atoms in total. The Morgan fingerprint density at radius 2 is 1.90 bits per heavy atom. The van der Waals surface area contributed by atoms with Crippen LogP contribution in [0.2, 0.25) is 5.02 Å². The Kier molecular flexibility index (Phi) is 11.7. The molecule has 2 rings (SSSR count). The highest BCUT2D eigenvalue weighted by molar-refractivity contribution is 6.30. The fraction of sp³-hybridized carbons (Fsp3) is 0.667. The molecule has 1 aliphatic heterocycles. The minimum absolute atomic E-state index is 0.000838. The first kappa shape index (κ1) is 27.0. The summed E-state index contributed by atoms with van der Waals surface area (Å²) in [5.74, 6) is 0.183. The molecule has 8 heteroatoms. The number of carbonyl (C=O) groups is 1. The van der Waals surface area contributed by atoms with Gasteiger partial charge in [0.25, 0.3) is 5.69 Å². The number of nitrogens with one attached hydrogen (secondary N) is 1. The van der Waals surface area contributed by atoms with Gasteiger partial charge < -0.3 is 15.0 Å². The van der Waals surface area contributed by atoms with Gasteiger partial charge in [-0.25, -0.2) is 4.79 Å². The van der Waals surface area contributed by atoms with E-state index in [1.54, 1.807) is 12.1 Å². The molecule has 0 radical (unpaired) electrons. The molecule has 0 bridgehead atoms. The molecule has 0 spiro atoms. The number of alkyl carbamates (subject to hydrolysis) is 1. The standard InChI is InChI=1S/C17H24ClN3O4.2C2H6/c1-11(19-16(22)25-17(2,3)4)12-7-8-20(10-12)14-6-5-13(18)9-15(14)21(23)24;2*1-2/h5-6,9,11-12H,7-8,10H2,1-4H3,(H,19,22);2*1-2H3. The molecular weight excluding hydrogens is 394 g/mol. The van der Waals surface area contributed by atoms with Crippen molar-refractivity contribution in [1.29, 1.82) is 0 Å². The van der Waals surface area contributed by atoms with Crippen LogP contribution in [0.3, 0.4) is 0 Å². The number of nitrogens with zero attached hydrogens (tertiary/aromatic N) is 2. The maximum atomic E-state index is 11.9. The van der Waals surface area contributed by atoms with Crippen molar-refractivity contribution in [3.63, 3.8) is 0 Å². The molecular formula is C21H36ClN3O4. The molecule has 1 aromatic rings. The average Bonchev–Trinajstić information content (AvgIpc) is 3.13. The SMILES string of the molecule is CC.CC.CC(NC(=O)OC(C)(C)C)C1CCN(c2ccc(Cl)cc2[N+](=O)[O-])C1. The molecule has 1 aliphatic rings. The largest absolute Gasteiger partial charge is 0.444 e. The number of hydrogen-bond acceptors (Lipinski definition) is 5. The van der Waals surface area contributed by atoms with E-state index in [9.17, 15) is 14.9 Å². The zero-order chi connectivity index (χ0) is 22.8. The van der Waals surface area contributed by atoms with Gasteiger partial charge in [-0.3, -0.25) is 10.1 Å². The summed E-state index contributed by atoms with van der Waals surface area (Å²) in [5, 5.41) is 14.5. The van der Waals surface area contributed by atoms with Gasteiger partial charge in [0.05, 0.1) is 4.92 Å². The minimum atomic E-state index is -0.546. The highest BCUT2D eigenvalue weighted by Crippen LogP contribution is 2.34. The maximum Gasteiger partial charge on any atom is 0.407 e. The normalized spacial score (nSPS) is 16.6. The van der Waals surface area contributed by atoms with Crippen molar-refractivity contribution in [3.05, 3.63) is 33.3 Å². The Bertz CT molecular complexity index is 662. The number of ether oxygens (including phenoxy) is 1. The van der Waals surface area contributed by atoms with Crippen LogP contribution in [-0.4, -0.2) is 35.7 Å². The molecule has 1 amide bonds. The van der Waals surface area contributed by atoms with Crippen molar-refractivity contribution in [3.8, 4) is 0 Å². The Hall–Kier alpha value is -2.02. The van der Waals surface area contributed by atoms with E-state index in [-0.39, 0.29) is 17.6 Å². The number of amides is 1. The van der Waals surface area contributed by atoms with Crippen LogP contribution in [0.15, 0.2) is 18.2 Å². The van der Waals surface area contributed by atoms with E-state index in [2.05, 4.69) is 5.32 Å². The van der Waals surface area contributed by atoms with Crippen molar-refractivity contribution in [2.24, 2.45) is 5.92 Å². The van der Waals surface area contributed by atoms with E-state index >= 15 is 0 Å². The van der Waals surface area contributed by atoms with Gasteiger partial charge in [0.15, 0.2) is 0 Å². The quantitative estimate of drug-likeness (QED) is 0.465. The first-order valence-corrected chi connectivity index (χ1v) is 10.6. The fourth-order valence-corrected chi connectivity index (χ4v) is 3.10. The van der Waals surface area contributed by atoms with Gasteiger partial charge in [0.1, 0.15) is 11.3 Å². The molecule has 166 valence electrons. The van der Waals surface area contributed by atoms with Crippen LogP contribution in [0.1, 0.15) is 61.8 Å². The Morgan fingerprint density at radius 3 is 2.41 bits per heavy atom. The van der Waals surface area contributed by atoms with Crippen LogP contribution in [0.25, 0.3) is 0 Å². The third-order valence-electron chi connectivity index (χ3n) is 4.15. The number of nitro groups is 1. The zero-order valence-corrected chi connectivity index (χ0v) is 19.7. The van der Waals surface area contributed by atoms with Gasteiger partial charge in [-0.05, 0) is 52.2 Å². The van der Waals surface area contributed by atoms with Gasteiger partial charge in [-0.2, -0.15) is 0 Å². The van der Waals surface area contributed by atoms with E-state index < -0.39 is 16.6 Å². The van der Waals surface area contributed by atoms with Crippen molar-refractivity contribution < 1.29 is 14.5 Å². The Labute approximate surface area is 179 Å². The lowest BCUT2D eigenvalue weighted by molar-refractivity contribution is -0.384. The second-order valence-electron chi connectivity index (χ2n) is 7.32. The monoisotopic (exact) mass is 429 g/mol. The number of anilines is 1. The number of rotatable bonds is 4. The molecule has 2 unspecified atom stereocenters. The van der Waals surface area contributed by atoms with Gasteiger partial charge in [-0.1, -0.05) is 39.3 Å². The van der Waals surface area contributed by atoms with Crippen LogP contribution >= 0.6 is 11.6 Å². The number of benzene rings is 1. The first-order chi connectivity index (χ1) is 13.6. The predicted octanol–water partition coefficient (Wildman–Crippen LogP) is 6.04. The van der Waals surface area contributed by atoms with E-state index in [0.29, 0.717) is 23.8 Å². The van der Waals surface area contributed by atoms with E-state index in [0.717, 1.165) is 6.42 Å². The van der Waals surface area contributed by atoms with Gasteiger partial charge in [0, 0.05) is 30.2 Å². The summed E-state index contributed by atoms with van der Waals surface area (Å²) in [4.78, 5) is 24.7. The van der Waals surface area contributed by atoms with E-state index in [4.69, 9.17) is 16.3 Å². The van der Waals surface area contributed by atoms with Crippen LogP contribution in [0.5, 0.6) is 0 Å². The van der Waals surface area contributed by atoms with E-state index in [1.165, 1.54) is 6.07 Å². The molecule has 0 aliphatic carbocycles. The molecule has 1 heterocycles. The van der Waals surface area contributed by atoms with Crippen LogP contribution in [0.4, 0.5) is 16.2 Å². The molecule has 2 atom stereocenters. The fourth-order valence-electron chi connectivity index (χ4n) is 2.94. The third kappa shape index (κ3) is 8.90. The molecule has 1 saturated heterocycles. The summed E-state index contributed by atoms with van der Waals surface area (Å²) in [5.41, 5.74) is 0.0115. The molecule has 29 heavy (non-hydrogen) atoms. The minimum Gasteiger partial charge on any atom is -0.444 e. The summed E-state index contributed by atoms with van der Waals surface area (Å²) in [7, 11) is 0. The number of halogens is 1. The third-order valence-corrected chi connectivity index (χ3v) is 4.39. The summed E-state index contributed by atoms with van der Waals surface area (Å²) in [6, 6.07) is 4.60. The highest BCUT2D eigenvalue weighted by atomic mass is 35.5. The van der Waals surface area contributed by atoms with Gasteiger partial charge in [0.2, 0.25) is 0 Å². The van der Waals surface area contributed by atoms with E-state index in [1.807, 2.05) is 60.3 Å². The summed E-state index contributed by atoms with van der Waals surface area (Å²) < 4.78 is 5.28. The average molecular weight is 430 g/mol. The number of nitro benzene ring substituents is 1. The summed E-state index contributed by atoms with van der Waals surface area (Å²) in [6.07, 6.45) is 0.382. The topological polar surface area (TPSA) is 84.7 Å². The smallest absolute Gasteiger partial charge is 0.407 e.